The quantitative estimate of drug-likeness (QED) is 0.135. The topological polar surface area (TPSA) is 184 Å². The first-order valence-corrected chi connectivity index (χ1v) is 12.2. The Labute approximate surface area is 190 Å². The van der Waals surface area contributed by atoms with Crippen molar-refractivity contribution in [1.82, 2.24) is 25.4 Å². The third kappa shape index (κ3) is 4.10. The summed E-state index contributed by atoms with van der Waals surface area (Å²) in [6, 6.07) is -0.961. The number of β-lactam (4-membered cyclic amide) rings is 1. The molecule has 0 bridgehead atoms. The molecule has 1 fully saturated rings. The second-order valence-corrected chi connectivity index (χ2v) is 10.2. The zero-order valence-corrected chi connectivity index (χ0v) is 18.6. The van der Waals surface area contributed by atoms with Gasteiger partial charge in [0.05, 0.1) is 0 Å². The van der Waals surface area contributed by atoms with Gasteiger partial charge < -0.3 is 21.4 Å². The molecule has 2 aromatic heterocycles. The lowest BCUT2D eigenvalue weighted by Gasteiger charge is -2.49. The average Bonchev–Trinajstić information content (AvgIpc) is 3.42. The van der Waals surface area contributed by atoms with E-state index in [1.807, 2.05) is 0 Å². The van der Waals surface area contributed by atoms with Crippen LogP contribution in [-0.4, -0.2) is 76.8 Å². The van der Waals surface area contributed by atoms with Crippen LogP contribution in [0, 0.1) is 0 Å². The van der Waals surface area contributed by atoms with Crippen molar-refractivity contribution in [3.05, 3.63) is 27.9 Å². The number of nitrogens with two attached hydrogens (primary N) is 1. The number of hydrogen-bond acceptors (Lipinski definition) is 13. The Morgan fingerprint density at radius 2 is 2.23 bits per heavy atom. The Kier molecular flexibility index (Phi) is 6.12. The standard InChI is InChI=1S/C15H13N7O5S4/c16-14-18-6(3-29-14)7(21-27)10(23)19-8-11(24)22-9(13(25)26)5(1-28-12(8)22)2-30-15-20-17-4-31-15/h3-4,8,12,27H,1-2H2,(H2,16,18)(H,19,23)(H,25,26)/b21-7+. The van der Waals surface area contributed by atoms with Crippen LogP contribution in [0.5, 0.6) is 0 Å². The number of anilines is 1. The molecule has 12 nitrogen and oxygen atoms in total. The number of carbonyl (C=O) groups is 3. The van der Waals surface area contributed by atoms with Gasteiger partial charge in [-0.25, -0.2) is 9.78 Å². The predicted molar refractivity (Wildman–Crippen MR) is 115 cm³/mol. The minimum atomic E-state index is -1.22. The normalized spacial score (nSPS) is 21.0. The molecule has 1 saturated heterocycles. The third-order valence-electron chi connectivity index (χ3n) is 4.33. The second kappa shape index (κ2) is 8.81. The Morgan fingerprint density at radius 3 is 2.84 bits per heavy atom. The van der Waals surface area contributed by atoms with E-state index in [1.54, 1.807) is 5.51 Å². The van der Waals surface area contributed by atoms with Gasteiger partial charge in [0.1, 0.15) is 28.3 Å². The number of nitrogens with zero attached hydrogens (tertiary/aromatic N) is 5. The highest BCUT2D eigenvalue weighted by molar-refractivity contribution is 8.01. The first kappa shape index (κ1) is 21.5. The smallest absolute Gasteiger partial charge is 0.352 e. The molecular formula is C15H13N7O5S4. The summed E-state index contributed by atoms with van der Waals surface area (Å²) in [4.78, 5) is 42.2. The van der Waals surface area contributed by atoms with Crippen LogP contribution in [-0.2, 0) is 14.4 Å². The molecule has 2 aliphatic heterocycles. The van der Waals surface area contributed by atoms with Crippen LogP contribution in [0.4, 0.5) is 5.13 Å². The fourth-order valence-corrected chi connectivity index (χ4v) is 6.51. The second-order valence-electron chi connectivity index (χ2n) is 6.13. The molecule has 5 N–H and O–H groups in total. The van der Waals surface area contributed by atoms with Crippen LogP contribution >= 0.6 is 46.2 Å². The van der Waals surface area contributed by atoms with Gasteiger partial charge in [0.15, 0.2) is 15.2 Å². The lowest BCUT2D eigenvalue weighted by molar-refractivity contribution is -0.150. The lowest BCUT2D eigenvalue weighted by atomic mass is 10.0. The van der Waals surface area contributed by atoms with Gasteiger partial charge in [0.25, 0.3) is 11.8 Å². The van der Waals surface area contributed by atoms with Gasteiger partial charge in [-0.05, 0) is 5.57 Å². The molecule has 2 unspecified atom stereocenters. The molecule has 16 heteroatoms. The molecule has 31 heavy (non-hydrogen) atoms. The number of fused-ring (bicyclic) bond motifs is 1. The van der Waals surface area contributed by atoms with Crippen molar-refractivity contribution in [2.24, 2.45) is 5.16 Å². The van der Waals surface area contributed by atoms with Gasteiger partial charge in [-0.2, -0.15) is 0 Å². The number of amides is 2. The summed E-state index contributed by atoms with van der Waals surface area (Å²) in [5.41, 5.74) is 7.31. The fourth-order valence-electron chi connectivity index (χ4n) is 2.99. The summed E-state index contributed by atoms with van der Waals surface area (Å²) < 4.78 is 0.697. The van der Waals surface area contributed by atoms with Crippen LogP contribution in [0.25, 0.3) is 0 Å². The number of oxime groups is 1. The zero-order valence-electron chi connectivity index (χ0n) is 15.3. The summed E-state index contributed by atoms with van der Waals surface area (Å²) in [6.45, 7) is 0. The number of hydrogen-bond donors (Lipinski definition) is 4. The van der Waals surface area contributed by atoms with Crippen molar-refractivity contribution in [1.29, 1.82) is 0 Å². The fraction of sp³-hybridized carbons (Fsp3) is 0.267. The van der Waals surface area contributed by atoms with E-state index in [0.29, 0.717) is 21.4 Å². The van der Waals surface area contributed by atoms with Gasteiger partial charge in [-0.3, -0.25) is 14.5 Å². The van der Waals surface area contributed by atoms with E-state index in [4.69, 9.17) is 5.73 Å². The largest absolute Gasteiger partial charge is 0.477 e. The highest BCUT2D eigenvalue weighted by Gasteiger charge is 2.54. The lowest BCUT2D eigenvalue weighted by Crippen LogP contribution is -2.71. The van der Waals surface area contributed by atoms with E-state index < -0.39 is 29.2 Å². The van der Waals surface area contributed by atoms with Crippen molar-refractivity contribution < 1.29 is 24.7 Å². The van der Waals surface area contributed by atoms with E-state index in [0.717, 1.165) is 11.3 Å². The predicted octanol–water partition coefficient (Wildman–Crippen LogP) is 0.286. The molecule has 0 aromatic carbocycles. The van der Waals surface area contributed by atoms with Gasteiger partial charge in [-0.1, -0.05) is 28.3 Å². The molecule has 0 aliphatic carbocycles. The van der Waals surface area contributed by atoms with Gasteiger partial charge in [0.2, 0.25) is 0 Å². The molecular weight excluding hydrogens is 486 g/mol. The van der Waals surface area contributed by atoms with E-state index in [9.17, 15) is 24.7 Å². The minimum absolute atomic E-state index is 0.0736. The summed E-state index contributed by atoms with van der Waals surface area (Å²) in [6.07, 6.45) is 0. The van der Waals surface area contributed by atoms with Crippen molar-refractivity contribution >= 4 is 74.8 Å². The SMILES string of the molecule is Nc1nc(/C(=N\O)C(=O)NC2C(=O)N3C(C(=O)O)=C(CSc4nncs4)CSC23)cs1. The number of aliphatic carboxylic acids is 1. The number of aromatic nitrogens is 3. The summed E-state index contributed by atoms with van der Waals surface area (Å²) in [5.74, 6) is -1.87. The summed E-state index contributed by atoms with van der Waals surface area (Å²) in [5, 5.41) is 33.1. The highest BCUT2D eigenvalue weighted by Crippen LogP contribution is 2.41. The third-order valence-corrected chi connectivity index (χ3v) is 8.29. The van der Waals surface area contributed by atoms with Crippen molar-refractivity contribution in [3.8, 4) is 0 Å². The molecule has 0 saturated carbocycles. The van der Waals surface area contributed by atoms with Crippen LogP contribution in [0.15, 0.2) is 31.7 Å². The number of nitrogens with one attached hydrogen (secondary N) is 1. The molecule has 4 rings (SSSR count). The number of carboxylic acids is 1. The number of rotatable bonds is 7. The van der Waals surface area contributed by atoms with E-state index >= 15 is 0 Å². The maximum Gasteiger partial charge on any atom is 0.352 e. The number of carboxylic acid groups (broad SMARTS) is 1. The van der Waals surface area contributed by atoms with E-state index in [-0.39, 0.29) is 22.2 Å². The number of carbonyl (C=O) groups excluding carboxylic acids is 2. The number of nitrogen functional groups attached to an aromatic ring is 1. The summed E-state index contributed by atoms with van der Waals surface area (Å²) in [7, 11) is 0. The van der Waals surface area contributed by atoms with Crippen LogP contribution in [0.2, 0.25) is 0 Å². The number of thioether (sulfide) groups is 2. The molecule has 4 heterocycles. The zero-order chi connectivity index (χ0) is 22.1. The monoisotopic (exact) mass is 499 g/mol. The van der Waals surface area contributed by atoms with Crippen molar-refractivity contribution in [2.45, 2.75) is 15.8 Å². The number of thiazole rings is 1. The molecule has 2 amide bonds. The van der Waals surface area contributed by atoms with Crippen LogP contribution in [0.3, 0.4) is 0 Å². The van der Waals surface area contributed by atoms with Crippen LogP contribution < -0.4 is 11.1 Å². The molecule has 2 atom stereocenters. The Hall–Kier alpha value is -2.69. The maximum atomic E-state index is 12.7. The Balaban J connectivity index is 1.48. The van der Waals surface area contributed by atoms with Crippen molar-refractivity contribution in [3.63, 3.8) is 0 Å². The summed E-state index contributed by atoms with van der Waals surface area (Å²) >= 11 is 5.09. The average molecular weight is 500 g/mol. The molecule has 2 aromatic rings. The highest BCUT2D eigenvalue weighted by atomic mass is 32.2. The Morgan fingerprint density at radius 1 is 1.42 bits per heavy atom. The van der Waals surface area contributed by atoms with Crippen molar-refractivity contribution in [2.75, 3.05) is 17.2 Å². The maximum absolute atomic E-state index is 12.7. The van der Waals surface area contributed by atoms with Gasteiger partial charge in [0, 0.05) is 16.9 Å². The molecule has 2 aliphatic rings. The Bertz CT molecular complexity index is 1100. The molecule has 162 valence electrons. The minimum Gasteiger partial charge on any atom is -0.477 e. The van der Waals surface area contributed by atoms with E-state index in [1.165, 1.54) is 45.1 Å². The van der Waals surface area contributed by atoms with E-state index in [2.05, 4.69) is 25.7 Å². The first-order valence-electron chi connectivity index (χ1n) is 8.44. The van der Waals surface area contributed by atoms with Gasteiger partial charge >= 0.3 is 5.97 Å². The first-order chi connectivity index (χ1) is 14.9. The molecule has 0 radical (unpaired) electrons. The van der Waals surface area contributed by atoms with Crippen LogP contribution in [0.1, 0.15) is 5.69 Å². The molecule has 0 spiro atoms. The van der Waals surface area contributed by atoms with Gasteiger partial charge in [-0.15, -0.1) is 33.3 Å².